The number of nitrogens with zero attached hydrogens (tertiary/aromatic N) is 2. The second kappa shape index (κ2) is 6.51. The molecule has 1 atom stereocenters. The number of benzene rings is 1. The minimum absolute atomic E-state index is 0.0222. The molecule has 0 saturated carbocycles. The zero-order valence-corrected chi connectivity index (χ0v) is 12.9. The predicted octanol–water partition coefficient (Wildman–Crippen LogP) is 1.75. The van der Waals surface area contributed by atoms with Crippen LogP contribution in [0.1, 0.15) is 17.3 Å². The van der Waals surface area contributed by atoms with Crippen LogP contribution in [0.4, 0.5) is 0 Å². The number of aromatic nitrogens is 1. The lowest BCUT2D eigenvalue weighted by atomic mass is 10.2. The Kier molecular flexibility index (Phi) is 4.48. The van der Waals surface area contributed by atoms with E-state index in [0.29, 0.717) is 5.56 Å². The molecule has 0 bridgehead atoms. The van der Waals surface area contributed by atoms with E-state index in [-0.39, 0.29) is 11.9 Å². The predicted molar refractivity (Wildman–Crippen MR) is 83.8 cm³/mol. The van der Waals surface area contributed by atoms with Crippen molar-refractivity contribution in [3.63, 3.8) is 0 Å². The molecular weight excluding hydrogens is 286 g/mol. The highest BCUT2D eigenvalue weighted by Gasteiger charge is 2.16. The molecule has 1 amide bonds. The van der Waals surface area contributed by atoms with Gasteiger partial charge in [-0.15, -0.1) is 11.3 Å². The number of carbonyl (C=O) groups excluding carboxylic acids is 1. The molecule has 1 saturated heterocycles. The molecule has 6 heteroatoms. The van der Waals surface area contributed by atoms with E-state index < -0.39 is 0 Å². The Hall–Kier alpha value is -1.50. The molecule has 5 nitrogen and oxygen atoms in total. The van der Waals surface area contributed by atoms with Gasteiger partial charge in [0.2, 0.25) is 0 Å². The first-order valence-electron chi connectivity index (χ1n) is 7.16. The second-order valence-corrected chi connectivity index (χ2v) is 6.21. The molecule has 1 aliphatic rings. The standard InChI is InChI=1S/C15H19N3O2S/c1-11(9-18-4-6-20-7-5-18)17-15(19)12-2-3-13-14(8-12)21-10-16-13/h2-3,8,10-11H,4-7,9H2,1H3,(H,17,19). The SMILES string of the molecule is CC(CN1CCOCC1)NC(=O)c1ccc2ncsc2c1. The van der Waals surface area contributed by atoms with Crippen molar-refractivity contribution in [2.24, 2.45) is 0 Å². The van der Waals surface area contributed by atoms with Gasteiger partial charge in [0, 0.05) is 31.2 Å². The smallest absolute Gasteiger partial charge is 0.251 e. The highest BCUT2D eigenvalue weighted by molar-refractivity contribution is 7.16. The Morgan fingerprint density at radius 1 is 1.48 bits per heavy atom. The van der Waals surface area contributed by atoms with E-state index in [1.807, 2.05) is 25.1 Å². The number of hydrogen-bond acceptors (Lipinski definition) is 5. The van der Waals surface area contributed by atoms with Gasteiger partial charge in [0.1, 0.15) is 0 Å². The maximum atomic E-state index is 12.3. The first-order chi connectivity index (χ1) is 10.2. The lowest BCUT2D eigenvalue weighted by molar-refractivity contribution is 0.0342. The number of fused-ring (bicyclic) bond motifs is 1. The summed E-state index contributed by atoms with van der Waals surface area (Å²) in [5.41, 5.74) is 3.44. The number of amides is 1. The van der Waals surface area contributed by atoms with Crippen molar-refractivity contribution >= 4 is 27.5 Å². The zero-order chi connectivity index (χ0) is 14.7. The molecule has 0 spiro atoms. The fourth-order valence-electron chi connectivity index (χ4n) is 2.52. The molecule has 112 valence electrons. The van der Waals surface area contributed by atoms with E-state index in [2.05, 4.69) is 15.2 Å². The fourth-order valence-corrected chi connectivity index (χ4v) is 3.24. The Balaban J connectivity index is 1.59. The van der Waals surface area contributed by atoms with Gasteiger partial charge >= 0.3 is 0 Å². The van der Waals surface area contributed by atoms with Crippen molar-refractivity contribution in [3.8, 4) is 0 Å². The monoisotopic (exact) mass is 305 g/mol. The summed E-state index contributed by atoms with van der Waals surface area (Å²) in [6.45, 7) is 6.34. The van der Waals surface area contributed by atoms with Crippen molar-refractivity contribution in [2.45, 2.75) is 13.0 Å². The number of ether oxygens (including phenoxy) is 1. The lowest BCUT2D eigenvalue weighted by Crippen LogP contribution is -2.46. The molecule has 0 aliphatic carbocycles. The van der Waals surface area contributed by atoms with Gasteiger partial charge in [-0.25, -0.2) is 4.98 Å². The average Bonchev–Trinajstić information content (AvgIpc) is 2.95. The molecule has 0 radical (unpaired) electrons. The third kappa shape index (κ3) is 3.58. The molecule has 2 heterocycles. The number of nitrogens with one attached hydrogen (secondary N) is 1. The van der Waals surface area contributed by atoms with Crippen LogP contribution >= 0.6 is 11.3 Å². The fraction of sp³-hybridized carbons (Fsp3) is 0.467. The zero-order valence-electron chi connectivity index (χ0n) is 12.0. The van der Waals surface area contributed by atoms with Crippen LogP contribution in [0.2, 0.25) is 0 Å². The topological polar surface area (TPSA) is 54.5 Å². The minimum Gasteiger partial charge on any atom is -0.379 e. The van der Waals surface area contributed by atoms with Gasteiger partial charge in [0.25, 0.3) is 5.91 Å². The first kappa shape index (κ1) is 14.4. The third-order valence-corrected chi connectivity index (χ3v) is 4.40. The molecule has 1 unspecified atom stereocenters. The number of thiazole rings is 1. The number of hydrogen-bond donors (Lipinski definition) is 1. The lowest BCUT2D eigenvalue weighted by Gasteiger charge is -2.29. The average molecular weight is 305 g/mol. The second-order valence-electron chi connectivity index (χ2n) is 5.32. The van der Waals surface area contributed by atoms with Crippen LogP contribution in [0.15, 0.2) is 23.7 Å². The summed E-state index contributed by atoms with van der Waals surface area (Å²) in [5.74, 6) is -0.0222. The summed E-state index contributed by atoms with van der Waals surface area (Å²) in [7, 11) is 0. The maximum Gasteiger partial charge on any atom is 0.251 e. The summed E-state index contributed by atoms with van der Waals surface area (Å²) in [6, 6.07) is 5.75. The van der Waals surface area contributed by atoms with Crippen LogP contribution in [0.3, 0.4) is 0 Å². The van der Waals surface area contributed by atoms with Crippen LogP contribution in [0, 0.1) is 0 Å². The third-order valence-electron chi connectivity index (χ3n) is 3.61. The van der Waals surface area contributed by atoms with Crippen LogP contribution in [-0.2, 0) is 4.74 Å². The van der Waals surface area contributed by atoms with Crippen molar-refractivity contribution < 1.29 is 9.53 Å². The van der Waals surface area contributed by atoms with Gasteiger partial charge in [0.15, 0.2) is 0 Å². The summed E-state index contributed by atoms with van der Waals surface area (Å²) < 4.78 is 6.38. The number of rotatable bonds is 4. The van der Waals surface area contributed by atoms with Crippen LogP contribution in [0.5, 0.6) is 0 Å². The Morgan fingerprint density at radius 3 is 3.10 bits per heavy atom. The highest BCUT2D eigenvalue weighted by Crippen LogP contribution is 2.19. The van der Waals surface area contributed by atoms with E-state index in [1.165, 1.54) is 0 Å². The molecule has 3 rings (SSSR count). The van der Waals surface area contributed by atoms with Crippen LogP contribution in [0.25, 0.3) is 10.2 Å². The van der Waals surface area contributed by atoms with Crippen LogP contribution in [-0.4, -0.2) is 54.7 Å². The van der Waals surface area contributed by atoms with E-state index in [1.54, 1.807) is 16.8 Å². The summed E-state index contributed by atoms with van der Waals surface area (Å²) in [6.07, 6.45) is 0. The van der Waals surface area contributed by atoms with Crippen molar-refractivity contribution in [1.82, 2.24) is 15.2 Å². The summed E-state index contributed by atoms with van der Waals surface area (Å²) in [5, 5.41) is 3.06. The van der Waals surface area contributed by atoms with Crippen LogP contribution < -0.4 is 5.32 Å². The van der Waals surface area contributed by atoms with Gasteiger partial charge in [0.05, 0.1) is 28.9 Å². The van der Waals surface area contributed by atoms with Crippen molar-refractivity contribution in [3.05, 3.63) is 29.3 Å². The molecule has 1 aromatic heterocycles. The Labute approximate surface area is 127 Å². The molecule has 21 heavy (non-hydrogen) atoms. The van der Waals surface area contributed by atoms with Gasteiger partial charge in [-0.1, -0.05) is 0 Å². The van der Waals surface area contributed by atoms with Crippen molar-refractivity contribution in [1.29, 1.82) is 0 Å². The van der Waals surface area contributed by atoms with Crippen molar-refractivity contribution in [2.75, 3.05) is 32.8 Å². The first-order valence-corrected chi connectivity index (χ1v) is 8.04. The van der Waals surface area contributed by atoms with Gasteiger partial charge < -0.3 is 10.1 Å². The molecule has 1 N–H and O–H groups in total. The Morgan fingerprint density at radius 2 is 2.29 bits per heavy atom. The van der Waals surface area contributed by atoms with E-state index in [4.69, 9.17) is 4.74 Å². The quantitative estimate of drug-likeness (QED) is 0.935. The number of morpholine rings is 1. The largest absolute Gasteiger partial charge is 0.379 e. The summed E-state index contributed by atoms with van der Waals surface area (Å²) >= 11 is 1.55. The molecule has 1 fully saturated rings. The number of carbonyl (C=O) groups is 1. The van der Waals surface area contributed by atoms with E-state index >= 15 is 0 Å². The van der Waals surface area contributed by atoms with Gasteiger partial charge in [-0.3, -0.25) is 9.69 Å². The van der Waals surface area contributed by atoms with E-state index in [0.717, 1.165) is 43.1 Å². The molecule has 1 aromatic carbocycles. The summed E-state index contributed by atoms with van der Waals surface area (Å²) in [4.78, 5) is 18.8. The molecular formula is C15H19N3O2S. The van der Waals surface area contributed by atoms with E-state index in [9.17, 15) is 4.79 Å². The van der Waals surface area contributed by atoms with Gasteiger partial charge in [-0.2, -0.15) is 0 Å². The molecule has 2 aromatic rings. The highest BCUT2D eigenvalue weighted by atomic mass is 32.1. The Bertz CT molecular complexity index is 622. The minimum atomic E-state index is -0.0222. The maximum absolute atomic E-state index is 12.3. The van der Waals surface area contributed by atoms with Gasteiger partial charge in [-0.05, 0) is 25.1 Å². The molecule has 1 aliphatic heterocycles. The normalized spacial score (nSPS) is 17.8.